The summed E-state index contributed by atoms with van der Waals surface area (Å²) in [6.45, 7) is 5.54. The molecule has 0 spiro atoms. The van der Waals surface area contributed by atoms with E-state index in [1.54, 1.807) is 13.0 Å². The molecule has 2 saturated heterocycles. The first-order chi connectivity index (χ1) is 12.5. The first-order valence-electron chi connectivity index (χ1n) is 8.80. The Morgan fingerprint density at radius 1 is 1.23 bits per heavy atom. The van der Waals surface area contributed by atoms with Crippen molar-refractivity contribution in [2.24, 2.45) is 0 Å². The fourth-order valence-corrected chi connectivity index (χ4v) is 4.00. The van der Waals surface area contributed by atoms with Crippen molar-refractivity contribution in [3.8, 4) is 0 Å². The lowest BCUT2D eigenvalue weighted by molar-refractivity contribution is -0.150. The van der Waals surface area contributed by atoms with Gasteiger partial charge in [0.05, 0.1) is 11.5 Å². The fourth-order valence-electron chi connectivity index (χ4n) is 3.09. The summed E-state index contributed by atoms with van der Waals surface area (Å²) in [6, 6.07) is 7.02. The van der Waals surface area contributed by atoms with Crippen molar-refractivity contribution >= 4 is 40.6 Å². The number of imide groups is 1. The normalized spacial score (nSPS) is 20.2. The molecule has 0 radical (unpaired) electrons. The van der Waals surface area contributed by atoms with E-state index in [-0.39, 0.29) is 6.61 Å². The molecule has 2 aliphatic heterocycles. The molecule has 7 heteroatoms. The quantitative estimate of drug-likeness (QED) is 0.582. The number of carbonyl (C=O) groups is 3. The molecule has 26 heavy (non-hydrogen) atoms. The van der Waals surface area contributed by atoms with Gasteiger partial charge in [-0.25, -0.2) is 4.79 Å². The third-order valence-electron chi connectivity index (χ3n) is 4.50. The highest BCUT2D eigenvalue weighted by Gasteiger charge is 2.41. The van der Waals surface area contributed by atoms with Crippen molar-refractivity contribution in [1.29, 1.82) is 0 Å². The van der Waals surface area contributed by atoms with Crippen LogP contribution in [0.3, 0.4) is 0 Å². The molecule has 0 N–H and O–H groups in total. The summed E-state index contributed by atoms with van der Waals surface area (Å²) >= 11 is 0.850. The number of anilines is 1. The molecule has 0 aliphatic carbocycles. The van der Waals surface area contributed by atoms with E-state index in [1.807, 2.05) is 24.3 Å². The van der Waals surface area contributed by atoms with Crippen molar-refractivity contribution < 1.29 is 19.1 Å². The zero-order valence-electron chi connectivity index (χ0n) is 14.9. The molecular formula is C19H22N2O4S. The molecular weight excluding hydrogens is 352 g/mol. The minimum atomic E-state index is -0.925. The van der Waals surface area contributed by atoms with E-state index in [4.69, 9.17) is 4.74 Å². The summed E-state index contributed by atoms with van der Waals surface area (Å²) < 4.78 is 4.91. The van der Waals surface area contributed by atoms with Crippen LogP contribution in [0, 0.1) is 0 Å². The molecule has 0 aromatic heterocycles. The molecule has 2 fully saturated rings. The number of hydrogen-bond acceptors (Lipinski definition) is 6. The summed E-state index contributed by atoms with van der Waals surface area (Å²) in [5, 5.41) is -0.449. The van der Waals surface area contributed by atoms with Gasteiger partial charge in [0.2, 0.25) is 0 Å². The lowest BCUT2D eigenvalue weighted by Crippen LogP contribution is -2.42. The molecule has 138 valence electrons. The Labute approximate surface area is 157 Å². The highest BCUT2D eigenvalue weighted by molar-refractivity contribution is 8.18. The fraction of sp³-hybridized carbons (Fsp3) is 0.421. The van der Waals surface area contributed by atoms with Crippen LogP contribution in [0.25, 0.3) is 6.08 Å². The summed E-state index contributed by atoms with van der Waals surface area (Å²) in [5.41, 5.74) is 2.02. The molecule has 1 atom stereocenters. The molecule has 3 rings (SSSR count). The number of benzene rings is 1. The Hall–Kier alpha value is -2.28. The average Bonchev–Trinajstić information content (AvgIpc) is 3.24. The van der Waals surface area contributed by atoms with Crippen molar-refractivity contribution in [2.75, 3.05) is 24.6 Å². The van der Waals surface area contributed by atoms with Gasteiger partial charge in [0.15, 0.2) is 0 Å². The Morgan fingerprint density at radius 2 is 1.88 bits per heavy atom. The van der Waals surface area contributed by atoms with Gasteiger partial charge in [-0.05, 0) is 62.2 Å². The molecule has 0 unspecified atom stereocenters. The van der Waals surface area contributed by atoms with Gasteiger partial charge >= 0.3 is 5.97 Å². The Morgan fingerprint density at radius 3 is 2.50 bits per heavy atom. The highest BCUT2D eigenvalue weighted by atomic mass is 32.2. The molecule has 2 heterocycles. The van der Waals surface area contributed by atoms with Gasteiger partial charge in [0.25, 0.3) is 11.1 Å². The van der Waals surface area contributed by atoms with E-state index in [2.05, 4.69) is 4.90 Å². The zero-order valence-corrected chi connectivity index (χ0v) is 15.8. The van der Waals surface area contributed by atoms with Crippen LogP contribution in [0.15, 0.2) is 29.2 Å². The number of nitrogens with zero attached hydrogens (tertiary/aromatic N) is 2. The lowest BCUT2D eigenvalue weighted by atomic mass is 10.1. The average molecular weight is 374 g/mol. The van der Waals surface area contributed by atoms with Crippen LogP contribution in [0.2, 0.25) is 0 Å². The number of ether oxygens (including phenoxy) is 1. The number of amides is 2. The van der Waals surface area contributed by atoms with Crippen molar-refractivity contribution in [3.63, 3.8) is 0 Å². The third-order valence-corrected chi connectivity index (χ3v) is 5.38. The van der Waals surface area contributed by atoms with Crippen LogP contribution in [-0.4, -0.2) is 47.8 Å². The molecule has 0 saturated carbocycles. The van der Waals surface area contributed by atoms with E-state index in [1.165, 1.54) is 25.5 Å². The van der Waals surface area contributed by atoms with Crippen LogP contribution in [0.5, 0.6) is 0 Å². The summed E-state index contributed by atoms with van der Waals surface area (Å²) in [4.78, 5) is 40.2. The smallest absolute Gasteiger partial charge is 0.329 e. The first kappa shape index (κ1) is 18.5. The molecule has 1 aromatic rings. The van der Waals surface area contributed by atoms with E-state index in [0.29, 0.717) is 4.91 Å². The van der Waals surface area contributed by atoms with Crippen LogP contribution >= 0.6 is 11.8 Å². The highest BCUT2D eigenvalue weighted by Crippen LogP contribution is 2.34. The number of carbonyl (C=O) groups excluding carboxylic acids is 3. The third kappa shape index (κ3) is 3.77. The van der Waals surface area contributed by atoms with E-state index in [0.717, 1.165) is 35.3 Å². The topological polar surface area (TPSA) is 66.9 Å². The van der Waals surface area contributed by atoms with Gasteiger partial charge in [0, 0.05) is 18.8 Å². The number of rotatable bonds is 5. The molecule has 6 nitrogen and oxygen atoms in total. The van der Waals surface area contributed by atoms with Crippen LogP contribution < -0.4 is 4.90 Å². The Kier molecular flexibility index (Phi) is 5.66. The summed E-state index contributed by atoms with van der Waals surface area (Å²) in [5.74, 6) is -1.03. The Bertz CT molecular complexity index is 738. The predicted molar refractivity (Wildman–Crippen MR) is 102 cm³/mol. The van der Waals surface area contributed by atoms with E-state index >= 15 is 0 Å². The minimum absolute atomic E-state index is 0.207. The predicted octanol–water partition coefficient (Wildman–Crippen LogP) is 3.27. The van der Waals surface area contributed by atoms with Gasteiger partial charge in [-0.15, -0.1) is 0 Å². The maximum atomic E-state index is 12.5. The van der Waals surface area contributed by atoms with Gasteiger partial charge in [-0.3, -0.25) is 14.5 Å². The summed E-state index contributed by atoms with van der Waals surface area (Å²) in [6.07, 6.45) is 4.12. The van der Waals surface area contributed by atoms with Crippen molar-refractivity contribution in [3.05, 3.63) is 34.7 Å². The summed E-state index contributed by atoms with van der Waals surface area (Å²) in [7, 11) is 0. The number of esters is 1. The van der Waals surface area contributed by atoms with Crippen LogP contribution in [-0.2, 0) is 14.3 Å². The molecule has 2 amide bonds. The SMILES string of the molecule is CCOC(=O)[C@@H](C)N1C(=O)S/C(=C\c2ccc(N3CCCC3)cc2)C1=O. The Balaban J connectivity index is 1.74. The number of thioether (sulfide) groups is 1. The lowest BCUT2D eigenvalue weighted by Gasteiger charge is -2.19. The molecule has 2 aliphatic rings. The number of hydrogen-bond donors (Lipinski definition) is 0. The van der Waals surface area contributed by atoms with Gasteiger partial charge < -0.3 is 9.64 Å². The second kappa shape index (κ2) is 7.95. The van der Waals surface area contributed by atoms with Crippen LogP contribution in [0.4, 0.5) is 10.5 Å². The second-order valence-corrected chi connectivity index (χ2v) is 7.26. The van der Waals surface area contributed by atoms with Gasteiger partial charge in [0.1, 0.15) is 6.04 Å². The van der Waals surface area contributed by atoms with Gasteiger partial charge in [-0.2, -0.15) is 0 Å². The standard InChI is InChI=1S/C19H22N2O4S/c1-3-25-18(23)13(2)21-17(22)16(26-19(21)24)12-14-6-8-15(9-7-14)20-10-4-5-11-20/h6-9,12-13H,3-5,10-11H2,1-2H3/b16-12-/t13-/m1/s1. The zero-order chi connectivity index (χ0) is 18.7. The molecule has 0 bridgehead atoms. The maximum Gasteiger partial charge on any atom is 0.329 e. The van der Waals surface area contributed by atoms with Crippen LogP contribution in [0.1, 0.15) is 32.3 Å². The van der Waals surface area contributed by atoms with E-state index in [9.17, 15) is 14.4 Å². The second-order valence-electron chi connectivity index (χ2n) is 6.27. The van der Waals surface area contributed by atoms with Crippen molar-refractivity contribution in [2.45, 2.75) is 32.7 Å². The first-order valence-corrected chi connectivity index (χ1v) is 9.61. The van der Waals surface area contributed by atoms with Crippen molar-refractivity contribution in [1.82, 2.24) is 4.90 Å². The maximum absolute atomic E-state index is 12.5. The minimum Gasteiger partial charge on any atom is -0.464 e. The molecule has 1 aromatic carbocycles. The largest absolute Gasteiger partial charge is 0.464 e. The monoisotopic (exact) mass is 374 g/mol. The van der Waals surface area contributed by atoms with Gasteiger partial charge in [-0.1, -0.05) is 12.1 Å². The van der Waals surface area contributed by atoms with E-state index < -0.39 is 23.2 Å².